The van der Waals surface area contributed by atoms with Gasteiger partial charge in [-0.05, 0) is 73.2 Å². The molecule has 7 heteroatoms. The van der Waals surface area contributed by atoms with Gasteiger partial charge in [0, 0.05) is 16.8 Å². The second-order valence-electron chi connectivity index (χ2n) is 7.51. The fraction of sp³-hybridized carbons (Fsp3) is 0.148. The van der Waals surface area contributed by atoms with Crippen LogP contribution in [-0.2, 0) is 16.1 Å². The van der Waals surface area contributed by atoms with Crippen LogP contribution < -0.4 is 14.8 Å². The van der Waals surface area contributed by atoms with Crippen LogP contribution in [0.15, 0.2) is 72.8 Å². The maximum atomic E-state index is 12.4. The van der Waals surface area contributed by atoms with Crippen molar-refractivity contribution in [1.82, 2.24) is 0 Å². The molecule has 7 nitrogen and oxygen atoms in total. The average Bonchev–Trinajstić information content (AvgIpc) is 3.22. The number of anilines is 1. The third kappa shape index (κ3) is 5.69. The van der Waals surface area contributed by atoms with Crippen molar-refractivity contribution in [2.75, 3.05) is 18.5 Å². The van der Waals surface area contributed by atoms with Gasteiger partial charge in [0.05, 0.1) is 12.2 Å². The minimum atomic E-state index is -0.357. The second kappa shape index (κ2) is 10.5. The summed E-state index contributed by atoms with van der Waals surface area (Å²) in [4.78, 5) is 36.1. The summed E-state index contributed by atoms with van der Waals surface area (Å²) in [6.45, 7) is 2.53. The van der Waals surface area contributed by atoms with E-state index in [0.29, 0.717) is 29.2 Å². The summed E-state index contributed by atoms with van der Waals surface area (Å²) in [6, 6.07) is 19.0. The lowest BCUT2D eigenvalue weighted by atomic mass is 10.1. The van der Waals surface area contributed by atoms with Gasteiger partial charge in [-0.1, -0.05) is 18.2 Å². The predicted molar refractivity (Wildman–Crippen MR) is 127 cm³/mol. The molecular formula is C27H23NO6. The summed E-state index contributed by atoms with van der Waals surface area (Å²) in [7, 11) is 0. The van der Waals surface area contributed by atoms with Gasteiger partial charge in [0.15, 0.2) is 12.4 Å². The van der Waals surface area contributed by atoms with Crippen LogP contribution in [-0.4, -0.2) is 30.9 Å². The summed E-state index contributed by atoms with van der Waals surface area (Å²) in [5, 5.41) is 2.73. The van der Waals surface area contributed by atoms with E-state index in [1.807, 2.05) is 31.2 Å². The monoisotopic (exact) mass is 457 g/mol. The van der Waals surface area contributed by atoms with E-state index in [-0.39, 0.29) is 30.9 Å². The van der Waals surface area contributed by atoms with E-state index in [0.717, 1.165) is 16.9 Å². The van der Waals surface area contributed by atoms with Gasteiger partial charge in [0.1, 0.15) is 18.1 Å². The van der Waals surface area contributed by atoms with Crippen LogP contribution >= 0.6 is 0 Å². The van der Waals surface area contributed by atoms with Crippen molar-refractivity contribution in [2.45, 2.75) is 13.5 Å². The van der Waals surface area contributed by atoms with Crippen molar-refractivity contribution in [1.29, 1.82) is 0 Å². The molecule has 0 aliphatic carbocycles. The van der Waals surface area contributed by atoms with Crippen molar-refractivity contribution in [2.24, 2.45) is 0 Å². The second-order valence-corrected chi connectivity index (χ2v) is 7.51. The average molecular weight is 457 g/mol. The third-order valence-electron chi connectivity index (χ3n) is 5.09. The Kier molecular flexibility index (Phi) is 7.03. The van der Waals surface area contributed by atoms with E-state index in [2.05, 4.69) is 5.32 Å². The third-order valence-corrected chi connectivity index (χ3v) is 5.09. The molecule has 4 rings (SSSR count). The Morgan fingerprint density at radius 2 is 1.68 bits per heavy atom. The van der Waals surface area contributed by atoms with Gasteiger partial charge in [-0.15, -0.1) is 0 Å². The number of hydrogen-bond acceptors (Lipinski definition) is 6. The smallest absolute Gasteiger partial charge is 0.338 e. The first-order valence-corrected chi connectivity index (χ1v) is 10.8. The largest absolute Gasteiger partial charge is 0.494 e. The molecule has 0 radical (unpaired) electrons. The van der Waals surface area contributed by atoms with Crippen LogP contribution in [0.3, 0.4) is 0 Å². The number of ketones is 1. The molecule has 1 N–H and O–H groups in total. The molecule has 0 fully saturated rings. The van der Waals surface area contributed by atoms with Crippen LogP contribution in [0.25, 0.3) is 6.08 Å². The van der Waals surface area contributed by atoms with E-state index in [9.17, 15) is 14.4 Å². The quantitative estimate of drug-likeness (QED) is 0.285. The molecule has 0 saturated heterocycles. The number of rotatable bonds is 9. The van der Waals surface area contributed by atoms with Crippen molar-refractivity contribution in [3.05, 3.63) is 95.1 Å². The van der Waals surface area contributed by atoms with Crippen molar-refractivity contribution in [3.63, 3.8) is 0 Å². The number of carbonyl (C=O) groups is 3. The highest BCUT2D eigenvalue weighted by Crippen LogP contribution is 2.23. The minimum absolute atomic E-state index is 0.141. The van der Waals surface area contributed by atoms with Gasteiger partial charge in [-0.3, -0.25) is 9.59 Å². The van der Waals surface area contributed by atoms with Gasteiger partial charge in [-0.2, -0.15) is 0 Å². The van der Waals surface area contributed by atoms with E-state index in [1.165, 1.54) is 6.08 Å². The SMILES string of the molecule is CCOc1ccc(/C=C/C(=O)c2ccc(OCC(=O)Nc3ccc4c(c3)COC4=O)cc2)cc1. The summed E-state index contributed by atoms with van der Waals surface area (Å²) < 4.78 is 15.9. The molecular weight excluding hydrogens is 434 g/mol. The summed E-state index contributed by atoms with van der Waals surface area (Å²) in [5.41, 5.74) is 3.21. The zero-order valence-corrected chi connectivity index (χ0v) is 18.6. The number of nitrogens with one attached hydrogen (secondary N) is 1. The standard InChI is InChI=1S/C27H23NO6/c1-2-32-22-9-3-18(4-10-22)5-14-25(29)19-6-11-23(12-7-19)33-17-26(30)28-21-8-13-24-20(15-21)16-34-27(24)31/h3-15H,2,16-17H2,1H3,(H,28,30)/b14-5+. The maximum Gasteiger partial charge on any atom is 0.338 e. The summed E-state index contributed by atoms with van der Waals surface area (Å²) in [5.74, 6) is 0.412. The van der Waals surface area contributed by atoms with E-state index in [1.54, 1.807) is 48.5 Å². The topological polar surface area (TPSA) is 90.9 Å². The van der Waals surface area contributed by atoms with E-state index >= 15 is 0 Å². The number of amides is 1. The molecule has 0 unspecified atom stereocenters. The molecule has 172 valence electrons. The molecule has 1 heterocycles. The zero-order valence-electron chi connectivity index (χ0n) is 18.6. The Morgan fingerprint density at radius 1 is 0.971 bits per heavy atom. The number of cyclic esters (lactones) is 1. The Hall–Kier alpha value is -4.39. The maximum absolute atomic E-state index is 12.4. The van der Waals surface area contributed by atoms with Crippen LogP contribution in [0.1, 0.15) is 38.8 Å². The lowest BCUT2D eigenvalue weighted by molar-refractivity contribution is -0.118. The number of fused-ring (bicyclic) bond motifs is 1. The van der Waals surface area contributed by atoms with Crippen molar-refractivity contribution in [3.8, 4) is 11.5 Å². The first kappa shape index (κ1) is 22.8. The number of benzene rings is 3. The highest BCUT2D eigenvalue weighted by molar-refractivity contribution is 6.06. The number of allylic oxidation sites excluding steroid dienone is 1. The molecule has 1 aliphatic rings. The van der Waals surface area contributed by atoms with Gasteiger partial charge in [-0.25, -0.2) is 4.79 Å². The van der Waals surface area contributed by atoms with Crippen LogP contribution in [0.5, 0.6) is 11.5 Å². The lowest BCUT2D eigenvalue weighted by Crippen LogP contribution is -2.20. The number of esters is 1. The fourth-order valence-electron chi connectivity index (χ4n) is 3.38. The molecule has 0 saturated carbocycles. The zero-order chi connectivity index (χ0) is 23.9. The Morgan fingerprint density at radius 3 is 2.41 bits per heavy atom. The predicted octanol–water partition coefficient (Wildman–Crippen LogP) is 4.67. The number of hydrogen-bond donors (Lipinski definition) is 1. The van der Waals surface area contributed by atoms with E-state index in [4.69, 9.17) is 14.2 Å². The van der Waals surface area contributed by atoms with Crippen molar-refractivity contribution < 1.29 is 28.6 Å². The molecule has 34 heavy (non-hydrogen) atoms. The van der Waals surface area contributed by atoms with Crippen LogP contribution in [0, 0.1) is 0 Å². The van der Waals surface area contributed by atoms with Crippen LogP contribution in [0.4, 0.5) is 5.69 Å². The molecule has 1 aliphatic heterocycles. The minimum Gasteiger partial charge on any atom is -0.494 e. The normalized spacial score (nSPS) is 12.2. The Balaban J connectivity index is 1.27. The molecule has 0 aromatic heterocycles. The highest BCUT2D eigenvalue weighted by Gasteiger charge is 2.21. The molecule has 0 bridgehead atoms. The summed E-state index contributed by atoms with van der Waals surface area (Å²) >= 11 is 0. The summed E-state index contributed by atoms with van der Waals surface area (Å²) in [6.07, 6.45) is 3.25. The molecule has 0 atom stereocenters. The lowest BCUT2D eigenvalue weighted by Gasteiger charge is -2.08. The van der Waals surface area contributed by atoms with Crippen LogP contribution in [0.2, 0.25) is 0 Å². The van der Waals surface area contributed by atoms with Gasteiger partial charge >= 0.3 is 5.97 Å². The highest BCUT2D eigenvalue weighted by atomic mass is 16.5. The fourth-order valence-corrected chi connectivity index (χ4v) is 3.38. The molecule has 0 spiro atoms. The van der Waals surface area contributed by atoms with Gasteiger partial charge in [0.25, 0.3) is 5.91 Å². The molecule has 3 aromatic rings. The van der Waals surface area contributed by atoms with E-state index < -0.39 is 0 Å². The van der Waals surface area contributed by atoms with Crippen molar-refractivity contribution >= 4 is 29.4 Å². The molecule has 3 aromatic carbocycles. The van der Waals surface area contributed by atoms with Gasteiger partial charge in [0.2, 0.25) is 0 Å². The number of ether oxygens (including phenoxy) is 3. The Labute approximate surface area is 197 Å². The Bertz CT molecular complexity index is 1230. The number of carbonyl (C=O) groups excluding carboxylic acids is 3. The first-order chi connectivity index (χ1) is 16.5. The van der Waals surface area contributed by atoms with Gasteiger partial charge < -0.3 is 19.5 Å². The molecule has 1 amide bonds. The first-order valence-electron chi connectivity index (χ1n) is 10.8.